The smallest absolute Gasteiger partial charge is 0.0991 e. The van der Waals surface area contributed by atoms with Crippen LogP contribution in [0.15, 0.2) is 327 Å². The van der Waals surface area contributed by atoms with Gasteiger partial charge in [0.1, 0.15) is 0 Å². The molecule has 0 fully saturated rings. The number of rotatable bonds is 9. The Bertz CT molecular complexity index is 7940. The molecular weight excluding hydrogens is 1480 g/mol. The largest absolute Gasteiger partial charge is 0.309 e. The number of hydrogen-bond acceptors (Lipinski definition) is 3. The van der Waals surface area contributed by atoms with Crippen LogP contribution in [0.4, 0.5) is 17.1 Å². The Balaban J connectivity index is 0.993. The SMILES string of the molecule is [2H]c1c([2H])c([2H])c2c(c1[2H])c1c([2H])c(C#N)c([2H])c([2H])c1n2-c1cc2c3c(c1)N(c1c(-c4ccccc4)cc4c(c1-c1ccccc1)Cc1ccccc1-4)c1cc(-n4c5ccc(C(C)(C)C)cc5c5cc(C(C)(C)C)ccc54)ccc1C3c1cc(-c3cc(C(C)(C)C)cc(C(C)(C)C)c3)ccc1C2c1c(-c2ccccc2)cc2c(sc3ccccc32)c1-c1ccccc1. The molecule has 19 aromatic rings. The lowest BCUT2D eigenvalue weighted by Gasteiger charge is -2.46. The van der Waals surface area contributed by atoms with Gasteiger partial charge < -0.3 is 14.0 Å². The minimum atomic E-state index is -0.691. The standard InChI is InChI=1S/C116H94N4S/c1-113(2,3)77-47-53-100-92(61-77)93-62-78(114(4,5)6)48-54-101(93)118(100)81-49-51-87-102(64-81)120(111-89(71-33-19-14-20-34-71)67-90-83-40-26-25-39-75(83)59-95(90)105(111)72-35-21-15-22-36-72)103-65-82(119-98-43-29-27-41-84(98)91-55-69(68-117)45-52-99(91)119)63-97-107(86-50-46-74(58-94(86)108(87)109(97)103)76-56-79(115(7,8)9)60-80(57-76)116(10,11)12)110-88(70-31-17-13-18-32-70)66-96-85-42-28-30-44-104(85)121-112(96)106(110)73-37-23-16-24-38-73/h13-58,60-67,107-108H,59H2,1-12H3/i27D,29D,41D,43D,45D,52D,55D. The van der Waals surface area contributed by atoms with Gasteiger partial charge in [0.2, 0.25) is 0 Å². The molecule has 22 rings (SSSR count). The predicted molar refractivity (Wildman–Crippen MR) is 512 cm³/mol. The molecule has 2 unspecified atom stereocenters. The maximum Gasteiger partial charge on any atom is 0.0991 e. The van der Waals surface area contributed by atoms with Crippen LogP contribution in [0.2, 0.25) is 0 Å². The molecular formula is C116H94N4S. The highest BCUT2D eigenvalue weighted by Crippen LogP contribution is 2.65. The van der Waals surface area contributed by atoms with E-state index in [4.69, 9.17) is 0 Å². The fourth-order valence-electron chi connectivity index (χ4n) is 20.1. The van der Waals surface area contributed by atoms with Gasteiger partial charge in [-0.25, -0.2) is 0 Å². The van der Waals surface area contributed by atoms with E-state index in [1.807, 2.05) is 0 Å². The molecule has 3 aromatic heterocycles. The minimum Gasteiger partial charge on any atom is -0.309 e. The molecule has 0 amide bonds. The Morgan fingerprint density at radius 1 is 0.355 bits per heavy atom. The van der Waals surface area contributed by atoms with Gasteiger partial charge in [0, 0.05) is 81.6 Å². The lowest BCUT2D eigenvalue weighted by atomic mass is 9.64. The van der Waals surface area contributed by atoms with Crippen LogP contribution in [0, 0.1) is 11.3 Å². The third kappa shape index (κ3) is 11.8. The number of anilines is 3. The summed E-state index contributed by atoms with van der Waals surface area (Å²) in [6.45, 7) is 27.6. The van der Waals surface area contributed by atoms with Gasteiger partial charge in [-0.1, -0.05) is 314 Å². The molecule has 584 valence electrons. The highest BCUT2D eigenvalue weighted by molar-refractivity contribution is 7.26. The quantitative estimate of drug-likeness (QED) is 0.144. The topological polar surface area (TPSA) is 36.9 Å². The lowest BCUT2D eigenvalue weighted by molar-refractivity contribution is 0.569. The van der Waals surface area contributed by atoms with Crippen molar-refractivity contribution in [3.63, 3.8) is 0 Å². The molecule has 1 aliphatic heterocycles. The summed E-state index contributed by atoms with van der Waals surface area (Å²) in [5, 5.41) is 15.6. The number of nitriles is 1. The van der Waals surface area contributed by atoms with Gasteiger partial charge in [-0.05, 0) is 242 Å². The summed E-state index contributed by atoms with van der Waals surface area (Å²) >= 11 is 1.80. The van der Waals surface area contributed by atoms with Crippen molar-refractivity contribution in [3.05, 3.63) is 400 Å². The number of hydrogen-bond donors (Lipinski definition) is 0. The summed E-state index contributed by atoms with van der Waals surface area (Å²) in [4.78, 5) is 2.57. The zero-order chi connectivity index (χ0) is 88.5. The Kier molecular flexibility index (Phi) is 15.0. The van der Waals surface area contributed by atoms with Crippen LogP contribution in [0.3, 0.4) is 0 Å². The Hall–Kier alpha value is -13.4. The summed E-state index contributed by atoms with van der Waals surface area (Å²) in [5.41, 5.74) is 31.0. The lowest BCUT2D eigenvalue weighted by Crippen LogP contribution is -2.30. The average molecular weight is 1580 g/mol. The maximum atomic E-state index is 11.1. The second-order valence-electron chi connectivity index (χ2n) is 37.7. The molecule has 0 saturated heterocycles. The zero-order valence-electron chi connectivity index (χ0n) is 77.2. The first-order valence-electron chi connectivity index (χ1n) is 45.9. The van der Waals surface area contributed by atoms with Gasteiger partial charge in [0.25, 0.3) is 0 Å². The van der Waals surface area contributed by atoms with Crippen molar-refractivity contribution < 1.29 is 9.60 Å². The fourth-order valence-corrected chi connectivity index (χ4v) is 21.4. The van der Waals surface area contributed by atoms with Crippen molar-refractivity contribution >= 4 is 92.2 Å². The van der Waals surface area contributed by atoms with Crippen molar-refractivity contribution in [2.75, 3.05) is 4.90 Å². The van der Waals surface area contributed by atoms with E-state index >= 15 is 0 Å². The van der Waals surface area contributed by atoms with Gasteiger partial charge in [-0.3, -0.25) is 0 Å². The van der Waals surface area contributed by atoms with E-state index in [-0.39, 0.29) is 49.0 Å². The van der Waals surface area contributed by atoms with Crippen molar-refractivity contribution in [1.29, 1.82) is 5.26 Å². The summed E-state index contributed by atoms with van der Waals surface area (Å²) in [6.07, 6.45) is 0.627. The number of benzene rings is 16. The molecule has 121 heavy (non-hydrogen) atoms. The minimum absolute atomic E-state index is 0.0144. The molecule has 2 aliphatic carbocycles. The first-order valence-corrected chi connectivity index (χ1v) is 43.2. The van der Waals surface area contributed by atoms with Crippen molar-refractivity contribution in [2.45, 2.75) is 123 Å². The molecule has 0 radical (unpaired) electrons. The maximum absolute atomic E-state index is 11.1. The molecule has 4 nitrogen and oxygen atoms in total. The van der Waals surface area contributed by atoms with Crippen LogP contribution >= 0.6 is 11.3 Å². The molecule has 0 saturated carbocycles. The number of aromatic nitrogens is 2. The van der Waals surface area contributed by atoms with Gasteiger partial charge >= 0.3 is 0 Å². The predicted octanol–water partition coefficient (Wildman–Crippen LogP) is 31.7. The van der Waals surface area contributed by atoms with Crippen molar-refractivity contribution in [3.8, 4) is 84.2 Å². The monoisotopic (exact) mass is 1580 g/mol. The Morgan fingerprint density at radius 2 is 0.917 bits per heavy atom. The van der Waals surface area contributed by atoms with E-state index in [1.165, 1.54) is 33.4 Å². The van der Waals surface area contributed by atoms with E-state index in [0.29, 0.717) is 12.1 Å². The first-order chi connectivity index (χ1) is 61.4. The number of fused-ring (bicyclic) bond motifs is 16. The van der Waals surface area contributed by atoms with Crippen LogP contribution in [0.25, 0.3) is 142 Å². The summed E-state index contributed by atoms with van der Waals surface area (Å²) in [5.74, 6) is -1.26. The van der Waals surface area contributed by atoms with E-state index in [1.54, 1.807) is 15.9 Å². The summed E-state index contributed by atoms with van der Waals surface area (Å²) in [6, 6.07) is 105. The molecule has 4 heterocycles. The molecule has 0 N–H and O–H groups in total. The van der Waals surface area contributed by atoms with E-state index in [0.717, 1.165) is 165 Å². The Labute approximate surface area is 723 Å². The van der Waals surface area contributed by atoms with E-state index in [2.05, 4.69) is 384 Å². The van der Waals surface area contributed by atoms with Crippen LogP contribution in [0.1, 0.15) is 177 Å². The summed E-state index contributed by atoms with van der Waals surface area (Å²) in [7, 11) is 0. The third-order valence-corrected chi connectivity index (χ3v) is 27.4. The van der Waals surface area contributed by atoms with Crippen LogP contribution in [-0.2, 0) is 28.1 Å². The van der Waals surface area contributed by atoms with Crippen LogP contribution in [-0.4, -0.2) is 9.13 Å². The van der Waals surface area contributed by atoms with Gasteiger partial charge in [0.05, 0.1) is 60.4 Å². The van der Waals surface area contributed by atoms with Gasteiger partial charge in [-0.15, -0.1) is 11.3 Å². The van der Waals surface area contributed by atoms with E-state index < -0.39 is 54.1 Å². The second-order valence-corrected chi connectivity index (χ2v) is 38.7. The number of nitrogens with zero attached hydrogens (tertiary/aromatic N) is 4. The average Bonchev–Trinajstić information content (AvgIpc) is 1.01. The molecule has 0 spiro atoms. The van der Waals surface area contributed by atoms with E-state index in [9.17, 15) is 14.9 Å². The van der Waals surface area contributed by atoms with Crippen molar-refractivity contribution in [1.82, 2.24) is 9.13 Å². The normalized spacial score (nSPS) is 15.2. The fraction of sp³-hybridized carbons (Fsp3) is 0.164. The second kappa shape index (κ2) is 27.3. The third-order valence-electron chi connectivity index (χ3n) is 26.2. The van der Waals surface area contributed by atoms with Crippen LogP contribution in [0.5, 0.6) is 0 Å². The first kappa shape index (κ1) is 66.5. The molecule has 3 aliphatic rings. The van der Waals surface area contributed by atoms with Gasteiger partial charge in [-0.2, -0.15) is 5.26 Å². The molecule has 5 heteroatoms. The van der Waals surface area contributed by atoms with Crippen LogP contribution < -0.4 is 4.90 Å². The van der Waals surface area contributed by atoms with Crippen molar-refractivity contribution in [2.24, 2.45) is 0 Å². The molecule has 0 bridgehead atoms. The molecule has 2 atom stereocenters. The summed E-state index contributed by atoms with van der Waals surface area (Å²) < 4.78 is 77.0. The van der Waals surface area contributed by atoms with Gasteiger partial charge in [0.15, 0.2) is 0 Å². The Morgan fingerprint density at radius 3 is 1.57 bits per heavy atom. The zero-order valence-corrected chi connectivity index (χ0v) is 71.0. The number of para-hydroxylation sites is 1. The number of thiophene rings is 1. The molecule has 16 aromatic carbocycles. The highest BCUT2D eigenvalue weighted by Gasteiger charge is 2.46. The highest BCUT2D eigenvalue weighted by atomic mass is 32.1.